The highest BCUT2D eigenvalue weighted by atomic mass is 16.5. The van der Waals surface area contributed by atoms with Gasteiger partial charge in [0.15, 0.2) is 0 Å². The lowest BCUT2D eigenvalue weighted by atomic mass is 10.1. The molecular weight excluding hydrogens is 264 g/mol. The van der Waals surface area contributed by atoms with Gasteiger partial charge >= 0.3 is 0 Å². The maximum Gasteiger partial charge on any atom is 0.144 e. The number of nitrogens with two attached hydrogens (primary N) is 1. The lowest BCUT2D eigenvalue weighted by Gasteiger charge is -2.13. The van der Waals surface area contributed by atoms with Crippen LogP contribution in [0.4, 0.5) is 11.4 Å². The molecule has 4 N–H and O–H groups in total. The second-order valence-corrected chi connectivity index (χ2v) is 5.12. The first kappa shape index (κ1) is 15.2. The molecule has 0 saturated carbocycles. The molecule has 0 amide bonds. The van der Waals surface area contributed by atoms with Crippen molar-refractivity contribution >= 4 is 11.4 Å². The van der Waals surface area contributed by atoms with Crippen LogP contribution in [0.1, 0.15) is 31.0 Å². The van der Waals surface area contributed by atoms with Gasteiger partial charge in [-0.05, 0) is 43.9 Å². The van der Waals surface area contributed by atoms with Gasteiger partial charge in [-0.15, -0.1) is 0 Å². The Morgan fingerprint density at radius 1 is 1.38 bits per heavy atom. The van der Waals surface area contributed by atoms with Crippen LogP contribution < -0.4 is 15.8 Å². The minimum Gasteiger partial charge on any atom is -0.491 e. The van der Waals surface area contributed by atoms with E-state index >= 15 is 0 Å². The zero-order chi connectivity index (χ0) is 15.1. The minimum atomic E-state index is 0.686. The van der Waals surface area contributed by atoms with Gasteiger partial charge in [0.2, 0.25) is 0 Å². The van der Waals surface area contributed by atoms with Crippen LogP contribution in [0.2, 0.25) is 0 Å². The number of aryl methyl sites for hydroxylation is 2. The van der Waals surface area contributed by atoms with Gasteiger partial charge < -0.3 is 15.8 Å². The summed E-state index contributed by atoms with van der Waals surface area (Å²) in [5, 5.41) is 10.4. The summed E-state index contributed by atoms with van der Waals surface area (Å²) < 4.78 is 5.63. The number of benzene rings is 1. The normalized spacial score (nSPS) is 10.6. The smallest absolute Gasteiger partial charge is 0.144 e. The highest BCUT2D eigenvalue weighted by Gasteiger charge is 2.05. The van der Waals surface area contributed by atoms with Gasteiger partial charge in [0, 0.05) is 12.2 Å². The van der Waals surface area contributed by atoms with Crippen molar-refractivity contribution in [2.45, 2.75) is 33.1 Å². The number of rotatable bonds is 8. The molecule has 1 aromatic heterocycles. The van der Waals surface area contributed by atoms with E-state index in [4.69, 9.17) is 10.5 Å². The third kappa shape index (κ3) is 4.15. The molecule has 5 nitrogen and oxygen atoms in total. The second kappa shape index (κ2) is 7.57. The van der Waals surface area contributed by atoms with Gasteiger partial charge in [0.25, 0.3) is 0 Å². The van der Waals surface area contributed by atoms with Crippen molar-refractivity contribution in [3.8, 4) is 5.75 Å². The van der Waals surface area contributed by atoms with E-state index in [0.717, 1.165) is 42.9 Å². The Balaban J connectivity index is 1.84. The van der Waals surface area contributed by atoms with E-state index in [1.54, 1.807) is 0 Å². The van der Waals surface area contributed by atoms with Crippen LogP contribution in [0.25, 0.3) is 0 Å². The summed E-state index contributed by atoms with van der Waals surface area (Å²) in [5.41, 5.74) is 10.2. The number of ether oxygens (including phenoxy) is 1. The van der Waals surface area contributed by atoms with E-state index in [2.05, 4.69) is 22.4 Å². The number of anilines is 2. The Morgan fingerprint density at radius 3 is 2.95 bits per heavy atom. The van der Waals surface area contributed by atoms with E-state index in [0.29, 0.717) is 12.3 Å². The standard InChI is InChI=1S/C16H24N4O/c1-3-10-21-15-8-4-7-14(16(15)17)18-9-5-6-13-11-19-20-12(13)2/h4,7-8,11,18H,3,5-6,9-10,17H2,1-2H3,(H,19,20). The van der Waals surface area contributed by atoms with Crippen molar-refractivity contribution in [3.05, 3.63) is 35.7 Å². The molecule has 2 aromatic rings. The minimum absolute atomic E-state index is 0.686. The van der Waals surface area contributed by atoms with Crippen LogP contribution in [0.5, 0.6) is 5.75 Å². The number of nitrogen functional groups attached to an aromatic ring is 1. The summed E-state index contributed by atoms with van der Waals surface area (Å²) in [7, 11) is 0. The fourth-order valence-corrected chi connectivity index (χ4v) is 2.17. The number of aromatic nitrogens is 2. The molecule has 0 aliphatic heterocycles. The topological polar surface area (TPSA) is 76.0 Å². The molecule has 0 fully saturated rings. The zero-order valence-electron chi connectivity index (χ0n) is 12.8. The van der Waals surface area contributed by atoms with E-state index in [-0.39, 0.29) is 0 Å². The number of hydrogen-bond acceptors (Lipinski definition) is 4. The highest BCUT2D eigenvalue weighted by molar-refractivity contribution is 5.72. The van der Waals surface area contributed by atoms with E-state index < -0.39 is 0 Å². The van der Waals surface area contributed by atoms with Gasteiger partial charge in [0.1, 0.15) is 5.75 Å². The fourth-order valence-electron chi connectivity index (χ4n) is 2.17. The lowest BCUT2D eigenvalue weighted by Crippen LogP contribution is -2.07. The van der Waals surface area contributed by atoms with Gasteiger partial charge in [0.05, 0.1) is 24.2 Å². The van der Waals surface area contributed by atoms with Crippen LogP contribution in [0.3, 0.4) is 0 Å². The molecular formula is C16H24N4O. The van der Waals surface area contributed by atoms with Gasteiger partial charge in [-0.25, -0.2) is 0 Å². The third-order valence-corrected chi connectivity index (χ3v) is 3.40. The molecule has 0 bridgehead atoms. The van der Waals surface area contributed by atoms with Crippen LogP contribution in [-0.2, 0) is 6.42 Å². The average Bonchev–Trinajstić information content (AvgIpc) is 2.89. The third-order valence-electron chi connectivity index (χ3n) is 3.40. The molecule has 0 aliphatic carbocycles. The molecule has 0 aliphatic rings. The Kier molecular flexibility index (Phi) is 5.49. The molecule has 0 atom stereocenters. The zero-order valence-corrected chi connectivity index (χ0v) is 12.8. The molecule has 0 unspecified atom stereocenters. The van der Waals surface area contributed by atoms with Gasteiger partial charge in [-0.1, -0.05) is 13.0 Å². The fraction of sp³-hybridized carbons (Fsp3) is 0.438. The van der Waals surface area contributed by atoms with Gasteiger partial charge in [-0.2, -0.15) is 5.10 Å². The summed E-state index contributed by atoms with van der Waals surface area (Å²) in [6.07, 6.45) is 4.89. The van der Waals surface area contributed by atoms with Crippen LogP contribution in [-0.4, -0.2) is 23.3 Å². The molecule has 1 heterocycles. The Bertz CT molecular complexity index is 565. The Morgan fingerprint density at radius 2 is 2.24 bits per heavy atom. The number of nitrogens with one attached hydrogen (secondary N) is 2. The van der Waals surface area contributed by atoms with Crippen molar-refractivity contribution in [2.75, 3.05) is 24.2 Å². The van der Waals surface area contributed by atoms with Crippen molar-refractivity contribution in [2.24, 2.45) is 0 Å². The lowest BCUT2D eigenvalue weighted by molar-refractivity contribution is 0.319. The van der Waals surface area contributed by atoms with Gasteiger partial charge in [-0.3, -0.25) is 5.10 Å². The summed E-state index contributed by atoms with van der Waals surface area (Å²) in [5.74, 6) is 0.757. The quantitative estimate of drug-likeness (QED) is 0.515. The maximum atomic E-state index is 6.12. The Hall–Kier alpha value is -2.17. The number of aromatic amines is 1. The van der Waals surface area contributed by atoms with E-state index in [1.807, 2.05) is 31.3 Å². The Labute approximate surface area is 125 Å². The predicted octanol–water partition coefficient (Wildman–Crippen LogP) is 3.13. The molecule has 1 aromatic carbocycles. The predicted molar refractivity (Wildman–Crippen MR) is 86.8 cm³/mol. The number of hydrogen-bond donors (Lipinski definition) is 3. The first-order valence-corrected chi connectivity index (χ1v) is 7.46. The summed E-state index contributed by atoms with van der Waals surface area (Å²) >= 11 is 0. The number of para-hydroxylation sites is 1. The summed E-state index contributed by atoms with van der Waals surface area (Å²) in [6, 6.07) is 5.85. The molecule has 0 radical (unpaired) electrons. The van der Waals surface area contributed by atoms with Crippen molar-refractivity contribution in [1.29, 1.82) is 0 Å². The number of H-pyrrole nitrogens is 1. The summed E-state index contributed by atoms with van der Waals surface area (Å²) in [4.78, 5) is 0. The molecule has 0 spiro atoms. The highest BCUT2D eigenvalue weighted by Crippen LogP contribution is 2.29. The van der Waals surface area contributed by atoms with Crippen molar-refractivity contribution < 1.29 is 4.74 Å². The van der Waals surface area contributed by atoms with Crippen molar-refractivity contribution in [1.82, 2.24) is 10.2 Å². The average molecular weight is 288 g/mol. The molecule has 2 rings (SSSR count). The SMILES string of the molecule is CCCOc1cccc(NCCCc2cn[nH]c2C)c1N. The first-order chi connectivity index (χ1) is 10.2. The van der Waals surface area contributed by atoms with Crippen LogP contribution >= 0.6 is 0 Å². The number of nitrogens with zero attached hydrogens (tertiary/aromatic N) is 1. The second-order valence-electron chi connectivity index (χ2n) is 5.12. The monoisotopic (exact) mass is 288 g/mol. The molecule has 5 heteroatoms. The molecule has 21 heavy (non-hydrogen) atoms. The summed E-state index contributed by atoms with van der Waals surface area (Å²) in [6.45, 7) is 5.68. The largest absolute Gasteiger partial charge is 0.491 e. The van der Waals surface area contributed by atoms with Crippen LogP contribution in [0.15, 0.2) is 24.4 Å². The first-order valence-electron chi connectivity index (χ1n) is 7.46. The molecule has 114 valence electrons. The van der Waals surface area contributed by atoms with E-state index in [9.17, 15) is 0 Å². The van der Waals surface area contributed by atoms with Crippen LogP contribution in [0, 0.1) is 6.92 Å². The maximum absolute atomic E-state index is 6.12. The van der Waals surface area contributed by atoms with Crippen molar-refractivity contribution in [3.63, 3.8) is 0 Å². The molecule has 0 saturated heterocycles. The van der Waals surface area contributed by atoms with E-state index in [1.165, 1.54) is 5.56 Å².